The summed E-state index contributed by atoms with van der Waals surface area (Å²) in [4.78, 5) is 4.73. The van der Waals surface area contributed by atoms with Crippen molar-refractivity contribution in [2.24, 2.45) is 4.99 Å². The molecule has 2 fully saturated rings. The van der Waals surface area contributed by atoms with E-state index >= 15 is 0 Å². The van der Waals surface area contributed by atoms with E-state index in [0.29, 0.717) is 25.4 Å². The lowest BCUT2D eigenvalue weighted by Gasteiger charge is -2.22. The molecule has 0 aromatic heterocycles. The molecule has 1 aliphatic heterocycles. The van der Waals surface area contributed by atoms with Gasteiger partial charge in [-0.25, -0.2) is 4.99 Å². The van der Waals surface area contributed by atoms with Gasteiger partial charge in [-0.2, -0.15) is 0 Å². The lowest BCUT2D eigenvalue weighted by Crippen LogP contribution is -2.38. The van der Waals surface area contributed by atoms with Crippen LogP contribution in [0, 0.1) is 0 Å². The molecule has 1 aromatic rings. The van der Waals surface area contributed by atoms with Crippen molar-refractivity contribution in [2.75, 3.05) is 32.9 Å². The van der Waals surface area contributed by atoms with Crippen molar-refractivity contribution < 1.29 is 14.2 Å². The number of hydrogen-bond acceptors (Lipinski definition) is 4. The normalized spacial score (nSPS) is 18.8. The van der Waals surface area contributed by atoms with E-state index in [9.17, 15) is 0 Å². The van der Waals surface area contributed by atoms with Crippen LogP contribution in [0.3, 0.4) is 0 Å². The maximum Gasteiger partial charge on any atom is 0.191 e. The molecule has 0 amide bonds. The summed E-state index contributed by atoms with van der Waals surface area (Å²) in [7, 11) is 0. The summed E-state index contributed by atoms with van der Waals surface area (Å²) in [6.45, 7) is 7.62. The van der Waals surface area contributed by atoms with Gasteiger partial charge in [0, 0.05) is 32.9 Å². The summed E-state index contributed by atoms with van der Waals surface area (Å²) in [5.41, 5.74) is 2.41. The monoisotopic (exact) mass is 431 g/mol. The van der Waals surface area contributed by atoms with Crippen LogP contribution >= 0.6 is 0 Å². The minimum Gasteiger partial charge on any atom is -0.381 e. The Labute approximate surface area is 188 Å². The average Bonchev–Trinajstić information content (AvgIpc) is 2.83. The molecule has 0 unspecified atom stereocenters. The van der Waals surface area contributed by atoms with Crippen molar-refractivity contribution in [1.29, 1.82) is 0 Å². The van der Waals surface area contributed by atoms with Crippen molar-refractivity contribution in [3.63, 3.8) is 0 Å². The Morgan fingerprint density at radius 1 is 0.935 bits per heavy atom. The first-order chi connectivity index (χ1) is 15.3. The topological polar surface area (TPSA) is 64.1 Å². The zero-order chi connectivity index (χ0) is 21.6. The summed E-state index contributed by atoms with van der Waals surface area (Å²) in [6, 6.07) is 8.59. The van der Waals surface area contributed by atoms with Gasteiger partial charge >= 0.3 is 0 Å². The van der Waals surface area contributed by atoms with E-state index in [1.807, 2.05) is 0 Å². The Morgan fingerprint density at radius 2 is 1.65 bits per heavy atom. The van der Waals surface area contributed by atoms with E-state index in [1.165, 1.54) is 43.2 Å². The fourth-order valence-corrected chi connectivity index (χ4v) is 4.07. The highest BCUT2D eigenvalue weighted by Gasteiger charge is 2.14. The second-order valence-corrected chi connectivity index (χ2v) is 8.55. The van der Waals surface area contributed by atoms with Gasteiger partial charge in [-0.1, -0.05) is 43.5 Å². The van der Waals surface area contributed by atoms with Crippen molar-refractivity contribution in [3.05, 3.63) is 35.4 Å². The van der Waals surface area contributed by atoms with E-state index in [1.54, 1.807) is 0 Å². The Kier molecular flexibility index (Phi) is 11.2. The van der Waals surface area contributed by atoms with Crippen LogP contribution in [0.25, 0.3) is 0 Å². The number of hydrogen-bond donors (Lipinski definition) is 2. The van der Waals surface area contributed by atoms with Gasteiger partial charge in [-0.15, -0.1) is 0 Å². The zero-order valence-electron chi connectivity index (χ0n) is 19.2. The molecule has 6 heteroatoms. The minimum absolute atomic E-state index is 0.333. The second kappa shape index (κ2) is 14.4. The van der Waals surface area contributed by atoms with E-state index < -0.39 is 0 Å². The molecule has 3 rings (SSSR count). The van der Waals surface area contributed by atoms with Gasteiger partial charge in [-0.05, 0) is 50.2 Å². The maximum absolute atomic E-state index is 6.01. The van der Waals surface area contributed by atoms with E-state index in [2.05, 4.69) is 41.8 Å². The summed E-state index contributed by atoms with van der Waals surface area (Å²) in [5, 5.41) is 6.75. The average molecular weight is 432 g/mol. The van der Waals surface area contributed by atoms with Crippen LogP contribution in [0.2, 0.25) is 0 Å². The van der Waals surface area contributed by atoms with Gasteiger partial charge in [0.1, 0.15) is 0 Å². The van der Waals surface area contributed by atoms with Gasteiger partial charge in [0.05, 0.1) is 25.4 Å². The first-order valence-electron chi connectivity index (χ1n) is 12.2. The number of nitrogens with zero attached hydrogens (tertiary/aromatic N) is 1. The molecule has 1 saturated heterocycles. The van der Waals surface area contributed by atoms with Crippen LogP contribution in [0.5, 0.6) is 0 Å². The molecule has 0 atom stereocenters. The quantitative estimate of drug-likeness (QED) is 0.313. The molecule has 0 radical (unpaired) electrons. The van der Waals surface area contributed by atoms with Gasteiger partial charge in [0.2, 0.25) is 0 Å². The van der Waals surface area contributed by atoms with E-state index in [0.717, 1.165) is 58.1 Å². The maximum atomic E-state index is 6.01. The van der Waals surface area contributed by atoms with Crippen LogP contribution in [-0.2, 0) is 27.4 Å². The largest absolute Gasteiger partial charge is 0.381 e. The molecule has 2 aliphatic rings. The summed E-state index contributed by atoms with van der Waals surface area (Å²) in [5.74, 6) is 0.868. The third-order valence-electron chi connectivity index (χ3n) is 5.96. The van der Waals surface area contributed by atoms with Crippen molar-refractivity contribution in [1.82, 2.24) is 10.6 Å². The second-order valence-electron chi connectivity index (χ2n) is 8.55. The number of benzene rings is 1. The third-order valence-corrected chi connectivity index (χ3v) is 5.96. The van der Waals surface area contributed by atoms with Gasteiger partial charge < -0.3 is 24.8 Å². The first-order valence-corrected chi connectivity index (χ1v) is 12.2. The number of rotatable bonds is 11. The molecule has 0 bridgehead atoms. The molecule has 1 aromatic carbocycles. The molecular weight excluding hydrogens is 390 g/mol. The summed E-state index contributed by atoms with van der Waals surface area (Å²) >= 11 is 0. The fourth-order valence-electron chi connectivity index (χ4n) is 4.07. The summed E-state index contributed by atoms with van der Waals surface area (Å²) < 4.78 is 17.4. The molecule has 1 saturated carbocycles. The van der Waals surface area contributed by atoms with Crippen LogP contribution < -0.4 is 10.6 Å². The molecular formula is C25H41N3O3. The standard InChI is InChI=1S/C25H41N3O3/c1-2-26-25(27-15-6-16-30-23-7-4-3-5-8-23)28-19-21-9-11-22(12-10-21)20-31-24-13-17-29-18-14-24/h9-12,23-24H,2-8,13-20H2,1H3,(H2,26,27,28). The Balaban J connectivity index is 1.34. The highest BCUT2D eigenvalue weighted by Crippen LogP contribution is 2.20. The van der Waals surface area contributed by atoms with Gasteiger partial charge in [0.25, 0.3) is 0 Å². The lowest BCUT2D eigenvalue weighted by atomic mass is 9.98. The molecule has 1 heterocycles. The Bertz CT molecular complexity index is 623. The molecule has 1 aliphatic carbocycles. The minimum atomic E-state index is 0.333. The lowest BCUT2D eigenvalue weighted by molar-refractivity contribution is -0.0390. The Hall–Kier alpha value is -1.63. The SMILES string of the molecule is CCNC(=NCc1ccc(COC2CCOCC2)cc1)NCCCOC1CCCCC1. The third kappa shape index (κ3) is 9.58. The predicted octanol–water partition coefficient (Wildman–Crippen LogP) is 4.18. The Morgan fingerprint density at radius 3 is 2.39 bits per heavy atom. The summed E-state index contributed by atoms with van der Waals surface area (Å²) in [6.07, 6.45) is 10.3. The van der Waals surface area contributed by atoms with E-state index in [4.69, 9.17) is 19.2 Å². The van der Waals surface area contributed by atoms with Gasteiger partial charge in [0.15, 0.2) is 5.96 Å². The van der Waals surface area contributed by atoms with Crippen molar-refractivity contribution in [2.45, 2.75) is 83.6 Å². The number of guanidine groups is 1. The van der Waals surface area contributed by atoms with Crippen LogP contribution in [-0.4, -0.2) is 51.1 Å². The molecule has 174 valence electrons. The molecule has 0 spiro atoms. The molecule has 2 N–H and O–H groups in total. The number of nitrogens with one attached hydrogen (secondary N) is 2. The highest BCUT2D eigenvalue weighted by molar-refractivity contribution is 5.79. The van der Waals surface area contributed by atoms with Crippen molar-refractivity contribution in [3.8, 4) is 0 Å². The van der Waals surface area contributed by atoms with E-state index in [-0.39, 0.29) is 0 Å². The highest BCUT2D eigenvalue weighted by atomic mass is 16.5. The fraction of sp³-hybridized carbons (Fsp3) is 0.720. The zero-order valence-corrected chi connectivity index (χ0v) is 19.2. The van der Waals surface area contributed by atoms with Crippen LogP contribution in [0.4, 0.5) is 0 Å². The predicted molar refractivity (Wildman–Crippen MR) is 125 cm³/mol. The van der Waals surface area contributed by atoms with Crippen LogP contribution in [0.1, 0.15) is 69.4 Å². The van der Waals surface area contributed by atoms with Gasteiger partial charge in [-0.3, -0.25) is 0 Å². The number of aliphatic imine (C=N–C) groups is 1. The smallest absolute Gasteiger partial charge is 0.191 e. The van der Waals surface area contributed by atoms with Crippen molar-refractivity contribution >= 4 is 5.96 Å². The first kappa shape index (κ1) is 24.0. The van der Waals surface area contributed by atoms with Crippen LogP contribution in [0.15, 0.2) is 29.3 Å². The molecule has 6 nitrogen and oxygen atoms in total. The molecule has 31 heavy (non-hydrogen) atoms. The number of ether oxygens (including phenoxy) is 3.